The Hall–Kier alpha value is -0.860. The fourth-order valence-corrected chi connectivity index (χ4v) is 3.46. The minimum Gasteiger partial charge on any atom is -0.340 e. The lowest BCUT2D eigenvalue weighted by molar-refractivity contribution is -0.1000. The first kappa shape index (κ1) is 8.31. The van der Waals surface area contributed by atoms with E-state index in [1.165, 1.54) is 24.0 Å². The molecule has 1 fully saturated rings. The van der Waals surface area contributed by atoms with Crippen LogP contribution in [0.4, 0.5) is 0 Å². The molecule has 2 nitrogen and oxygen atoms in total. The van der Waals surface area contributed by atoms with Crippen LogP contribution in [0.15, 0.2) is 35.5 Å². The Balaban J connectivity index is 1.89. The van der Waals surface area contributed by atoms with E-state index >= 15 is 0 Å². The highest BCUT2D eigenvalue weighted by Gasteiger charge is 2.54. The van der Waals surface area contributed by atoms with Crippen molar-refractivity contribution in [2.45, 2.75) is 25.0 Å². The minimum atomic E-state index is -0.492. The fourth-order valence-electron chi connectivity index (χ4n) is 3.46. The molecule has 0 N–H and O–H groups in total. The van der Waals surface area contributed by atoms with E-state index < -0.39 is 5.79 Å². The van der Waals surface area contributed by atoms with Crippen LogP contribution in [0.3, 0.4) is 0 Å². The number of hydrogen-bond acceptors (Lipinski definition) is 2. The Bertz CT molecular complexity index is 410. The molecule has 0 saturated carbocycles. The van der Waals surface area contributed by atoms with Crippen LogP contribution in [0.2, 0.25) is 0 Å². The third kappa shape index (κ3) is 0.876. The van der Waals surface area contributed by atoms with Crippen molar-refractivity contribution in [2.24, 2.45) is 5.41 Å². The Morgan fingerprint density at radius 2 is 2.00 bits per heavy atom. The van der Waals surface area contributed by atoms with Gasteiger partial charge in [-0.2, -0.15) is 0 Å². The summed E-state index contributed by atoms with van der Waals surface area (Å²) in [6, 6.07) is 0. The maximum Gasteiger partial charge on any atom is 0.212 e. The van der Waals surface area contributed by atoms with E-state index in [9.17, 15) is 0 Å². The topological polar surface area (TPSA) is 18.5 Å². The molecule has 2 heteroatoms. The van der Waals surface area contributed by atoms with E-state index in [0.29, 0.717) is 5.41 Å². The van der Waals surface area contributed by atoms with Crippen LogP contribution >= 0.6 is 0 Å². The average molecular weight is 202 g/mol. The number of allylic oxidation sites excluding steroid dienone is 4. The third-order valence-electron chi connectivity index (χ3n) is 4.14. The molecule has 0 aromatic rings. The monoisotopic (exact) mass is 202 g/mol. The largest absolute Gasteiger partial charge is 0.340 e. The summed E-state index contributed by atoms with van der Waals surface area (Å²) in [6.45, 7) is 1.44. The van der Waals surface area contributed by atoms with Crippen LogP contribution in [0.5, 0.6) is 0 Å². The molecule has 4 aliphatic rings. The number of rotatable bonds is 0. The summed E-state index contributed by atoms with van der Waals surface area (Å²) < 4.78 is 11.7. The summed E-state index contributed by atoms with van der Waals surface area (Å²) in [5.41, 5.74) is 3.17. The highest BCUT2D eigenvalue weighted by molar-refractivity contribution is 5.50. The molecule has 78 valence electrons. The van der Waals surface area contributed by atoms with Crippen LogP contribution in [0.1, 0.15) is 19.3 Å². The zero-order chi connectivity index (χ0) is 9.93. The quantitative estimate of drug-likeness (QED) is 0.561. The molecule has 1 saturated heterocycles. The molecule has 3 aliphatic carbocycles. The third-order valence-corrected chi connectivity index (χ3v) is 4.14. The normalized spacial score (nSPS) is 39.5. The van der Waals surface area contributed by atoms with Gasteiger partial charge in [0, 0.05) is 11.0 Å². The Morgan fingerprint density at radius 1 is 1.13 bits per heavy atom. The van der Waals surface area contributed by atoms with Gasteiger partial charge in [-0.15, -0.1) is 0 Å². The second kappa shape index (κ2) is 2.45. The van der Waals surface area contributed by atoms with Crippen LogP contribution in [-0.4, -0.2) is 19.0 Å². The fraction of sp³-hybridized carbons (Fsp3) is 0.538. The van der Waals surface area contributed by atoms with Gasteiger partial charge in [0.15, 0.2) is 0 Å². The molecular formula is C13H14O2. The number of fused-ring (bicyclic) bond motifs is 2. The summed E-state index contributed by atoms with van der Waals surface area (Å²) in [4.78, 5) is 0. The lowest BCUT2D eigenvalue weighted by Gasteiger charge is -2.40. The van der Waals surface area contributed by atoms with Crippen molar-refractivity contribution in [3.05, 3.63) is 35.5 Å². The molecule has 0 amide bonds. The second-order valence-electron chi connectivity index (χ2n) is 4.97. The zero-order valence-corrected chi connectivity index (χ0v) is 8.66. The van der Waals surface area contributed by atoms with Gasteiger partial charge in [0.1, 0.15) is 0 Å². The van der Waals surface area contributed by atoms with Gasteiger partial charge >= 0.3 is 0 Å². The van der Waals surface area contributed by atoms with Crippen LogP contribution < -0.4 is 0 Å². The van der Waals surface area contributed by atoms with Gasteiger partial charge < -0.3 is 9.47 Å². The van der Waals surface area contributed by atoms with E-state index in [4.69, 9.17) is 9.47 Å². The van der Waals surface area contributed by atoms with Crippen molar-refractivity contribution in [1.82, 2.24) is 0 Å². The van der Waals surface area contributed by atoms with Gasteiger partial charge in [0.25, 0.3) is 0 Å². The Labute approximate surface area is 89.3 Å². The zero-order valence-electron chi connectivity index (χ0n) is 8.66. The summed E-state index contributed by atoms with van der Waals surface area (Å²) in [5, 5.41) is 0. The first-order valence-corrected chi connectivity index (χ1v) is 5.70. The van der Waals surface area contributed by atoms with Crippen molar-refractivity contribution in [2.75, 3.05) is 13.2 Å². The smallest absolute Gasteiger partial charge is 0.212 e. The molecule has 1 unspecified atom stereocenters. The van der Waals surface area contributed by atoms with Gasteiger partial charge in [-0.25, -0.2) is 0 Å². The first-order chi connectivity index (χ1) is 7.33. The van der Waals surface area contributed by atoms with Crippen molar-refractivity contribution >= 4 is 0 Å². The van der Waals surface area contributed by atoms with Crippen molar-refractivity contribution in [3.63, 3.8) is 0 Å². The van der Waals surface area contributed by atoms with Crippen LogP contribution in [-0.2, 0) is 9.47 Å². The van der Waals surface area contributed by atoms with Crippen LogP contribution in [0, 0.1) is 5.41 Å². The average Bonchev–Trinajstić information content (AvgIpc) is 2.90. The van der Waals surface area contributed by atoms with E-state index in [0.717, 1.165) is 19.6 Å². The molecule has 1 heterocycles. The highest BCUT2D eigenvalue weighted by atomic mass is 16.7. The maximum atomic E-state index is 5.84. The number of hydrogen-bond donors (Lipinski definition) is 0. The first-order valence-electron chi connectivity index (χ1n) is 5.70. The van der Waals surface area contributed by atoms with Crippen molar-refractivity contribution < 1.29 is 9.47 Å². The molecular weight excluding hydrogens is 188 g/mol. The molecule has 0 aromatic heterocycles. The molecule has 4 rings (SSSR count). The summed E-state index contributed by atoms with van der Waals surface area (Å²) >= 11 is 0. The molecule has 15 heavy (non-hydrogen) atoms. The molecule has 1 atom stereocenters. The molecule has 1 aliphatic heterocycles. The van der Waals surface area contributed by atoms with E-state index in [1.54, 1.807) is 0 Å². The van der Waals surface area contributed by atoms with E-state index in [-0.39, 0.29) is 0 Å². The molecule has 2 bridgehead atoms. The molecule has 0 radical (unpaired) electrons. The van der Waals surface area contributed by atoms with Gasteiger partial charge in [0.2, 0.25) is 5.79 Å². The van der Waals surface area contributed by atoms with Gasteiger partial charge in [-0.3, -0.25) is 0 Å². The van der Waals surface area contributed by atoms with Crippen molar-refractivity contribution in [1.29, 1.82) is 0 Å². The standard InChI is InChI=1S/C13H14O2/c1-3-12-5-2-10(9-12)8-11(12)13(4-1)14-6-7-15-13/h1-2,4,8H,3,5-7,9H2. The van der Waals surface area contributed by atoms with Gasteiger partial charge in [0.05, 0.1) is 13.2 Å². The molecule has 0 aromatic carbocycles. The Morgan fingerprint density at radius 3 is 2.80 bits per heavy atom. The second-order valence-corrected chi connectivity index (χ2v) is 4.97. The van der Waals surface area contributed by atoms with E-state index in [1.807, 2.05) is 0 Å². The number of ether oxygens (including phenoxy) is 2. The highest BCUT2D eigenvalue weighted by Crippen LogP contribution is 2.59. The van der Waals surface area contributed by atoms with Gasteiger partial charge in [-0.1, -0.05) is 23.8 Å². The lowest BCUT2D eigenvalue weighted by atomic mass is 9.71. The summed E-state index contributed by atoms with van der Waals surface area (Å²) in [6.07, 6.45) is 12.5. The SMILES string of the molecule is C1=CC2(OCCO2)C2=CC3=CCC2(C1)C3. The lowest BCUT2D eigenvalue weighted by Crippen LogP contribution is -2.40. The van der Waals surface area contributed by atoms with Crippen molar-refractivity contribution in [3.8, 4) is 0 Å². The van der Waals surface area contributed by atoms with Crippen LogP contribution in [0.25, 0.3) is 0 Å². The summed E-state index contributed by atoms with van der Waals surface area (Å²) in [5.74, 6) is -0.492. The minimum absolute atomic E-state index is 0.314. The summed E-state index contributed by atoms with van der Waals surface area (Å²) in [7, 11) is 0. The van der Waals surface area contributed by atoms with Gasteiger partial charge in [-0.05, 0) is 25.3 Å². The predicted octanol–water partition coefficient (Wildman–Crippen LogP) is 2.34. The maximum absolute atomic E-state index is 5.84. The predicted molar refractivity (Wildman–Crippen MR) is 56.2 cm³/mol. The Kier molecular flexibility index (Phi) is 1.35. The van der Waals surface area contributed by atoms with E-state index in [2.05, 4.69) is 24.3 Å². The molecule has 2 spiro atoms.